The van der Waals surface area contributed by atoms with E-state index >= 15 is 0 Å². The summed E-state index contributed by atoms with van der Waals surface area (Å²) in [7, 11) is 0. The van der Waals surface area contributed by atoms with Gasteiger partial charge in [0.2, 0.25) is 5.91 Å². The lowest BCUT2D eigenvalue weighted by Crippen LogP contribution is -2.45. The van der Waals surface area contributed by atoms with Gasteiger partial charge in [0.05, 0.1) is 12.0 Å². The van der Waals surface area contributed by atoms with Crippen molar-refractivity contribution >= 4 is 17.7 Å². The van der Waals surface area contributed by atoms with Gasteiger partial charge in [-0.2, -0.15) is 0 Å². The predicted molar refractivity (Wildman–Crippen MR) is 110 cm³/mol. The van der Waals surface area contributed by atoms with Crippen LogP contribution in [0.3, 0.4) is 0 Å². The number of benzene rings is 1. The van der Waals surface area contributed by atoms with Crippen molar-refractivity contribution in [3.05, 3.63) is 24.3 Å². The molecule has 2 aliphatic rings. The molecule has 7 nitrogen and oxygen atoms in total. The number of likely N-dealkylation sites (tertiary alicyclic amines) is 1. The number of ether oxygens (including phenoxy) is 3. The molecule has 2 atom stereocenters. The smallest absolute Gasteiger partial charge is 0.410 e. The Morgan fingerprint density at radius 1 is 1.24 bits per heavy atom. The van der Waals surface area contributed by atoms with Crippen LogP contribution in [0.25, 0.3) is 0 Å². The Hall–Kier alpha value is -2.28. The number of nitrogens with one attached hydrogen (secondary N) is 1. The summed E-state index contributed by atoms with van der Waals surface area (Å²) in [5.74, 6) is 0.361. The minimum Gasteiger partial charge on any atom is -0.491 e. The molecule has 29 heavy (non-hydrogen) atoms. The van der Waals surface area contributed by atoms with E-state index in [1.165, 1.54) is 0 Å². The number of amides is 2. The summed E-state index contributed by atoms with van der Waals surface area (Å²) in [5.41, 5.74) is 0.144. The fourth-order valence-corrected chi connectivity index (χ4v) is 3.56. The molecular weight excluding hydrogens is 372 g/mol. The molecule has 2 saturated heterocycles. The van der Waals surface area contributed by atoms with Gasteiger partial charge in [-0.3, -0.25) is 4.79 Å². The van der Waals surface area contributed by atoms with Crippen LogP contribution in [0.2, 0.25) is 0 Å². The monoisotopic (exact) mass is 404 g/mol. The number of anilines is 1. The van der Waals surface area contributed by atoms with Crippen molar-refractivity contribution < 1.29 is 23.8 Å². The van der Waals surface area contributed by atoms with Gasteiger partial charge in [0.15, 0.2) is 0 Å². The fraction of sp³-hybridized carbons (Fsp3) is 0.636. The number of carbonyl (C=O) groups is 2. The SMILES string of the molecule is CC(C)(C)OC(=O)N1CCC[C@@H](C(=O)Nc2cccc(OC[C@@H]3CCCO3)c2)C1. The Bertz CT molecular complexity index is 709. The van der Waals surface area contributed by atoms with E-state index in [0.29, 0.717) is 31.1 Å². The van der Waals surface area contributed by atoms with E-state index < -0.39 is 5.60 Å². The van der Waals surface area contributed by atoms with Crippen molar-refractivity contribution in [3.63, 3.8) is 0 Å². The van der Waals surface area contributed by atoms with Crippen LogP contribution in [0.5, 0.6) is 5.75 Å². The molecule has 1 aromatic carbocycles. The van der Waals surface area contributed by atoms with E-state index in [-0.39, 0.29) is 24.0 Å². The van der Waals surface area contributed by atoms with Gasteiger partial charge in [0.25, 0.3) is 0 Å². The van der Waals surface area contributed by atoms with Crippen molar-refractivity contribution in [2.75, 3.05) is 31.6 Å². The molecule has 0 aromatic heterocycles. The topological polar surface area (TPSA) is 77.1 Å². The van der Waals surface area contributed by atoms with Gasteiger partial charge in [-0.15, -0.1) is 0 Å². The van der Waals surface area contributed by atoms with Crippen molar-refractivity contribution in [2.24, 2.45) is 5.92 Å². The van der Waals surface area contributed by atoms with Gasteiger partial charge in [0, 0.05) is 31.5 Å². The minimum atomic E-state index is -0.545. The van der Waals surface area contributed by atoms with Gasteiger partial charge in [-0.1, -0.05) is 6.07 Å². The van der Waals surface area contributed by atoms with Crippen LogP contribution < -0.4 is 10.1 Å². The maximum atomic E-state index is 12.7. The number of hydrogen-bond donors (Lipinski definition) is 1. The molecule has 2 aliphatic heterocycles. The number of hydrogen-bond acceptors (Lipinski definition) is 5. The zero-order chi connectivity index (χ0) is 20.9. The van der Waals surface area contributed by atoms with Gasteiger partial charge < -0.3 is 24.4 Å². The predicted octanol–water partition coefficient (Wildman–Crippen LogP) is 3.83. The molecule has 1 N–H and O–H groups in total. The zero-order valence-electron chi connectivity index (χ0n) is 17.6. The van der Waals surface area contributed by atoms with Crippen LogP contribution in [0, 0.1) is 5.92 Å². The first kappa shape index (κ1) is 21.4. The van der Waals surface area contributed by atoms with E-state index in [1.807, 2.05) is 45.0 Å². The molecule has 7 heteroatoms. The van der Waals surface area contributed by atoms with Crippen LogP contribution in [0.1, 0.15) is 46.5 Å². The second-order valence-corrected chi connectivity index (χ2v) is 8.73. The second-order valence-electron chi connectivity index (χ2n) is 8.73. The van der Waals surface area contributed by atoms with E-state index in [4.69, 9.17) is 14.2 Å². The summed E-state index contributed by atoms with van der Waals surface area (Å²) in [5, 5.41) is 2.96. The molecule has 0 bridgehead atoms. The van der Waals surface area contributed by atoms with E-state index in [1.54, 1.807) is 4.90 Å². The number of nitrogens with zero attached hydrogens (tertiary/aromatic N) is 1. The van der Waals surface area contributed by atoms with E-state index in [9.17, 15) is 9.59 Å². The summed E-state index contributed by atoms with van der Waals surface area (Å²) >= 11 is 0. The highest BCUT2D eigenvalue weighted by Gasteiger charge is 2.31. The Morgan fingerprint density at radius 2 is 2.07 bits per heavy atom. The maximum absolute atomic E-state index is 12.7. The standard InChI is InChI=1S/C22H32N2O5/c1-22(2,3)29-21(26)24-11-5-7-16(14-24)20(25)23-17-8-4-9-18(13-17)28-15-19-10-6-12-27-19/h4,8-9,13,16,19H,5-7,10-12,14-15H2,1-3H3,(H,23,25)/t16-,19+/m1/s1. The molecule has 0 unspecified atom stereocenters. The van der Waals surface area contributed by atoms with Crippen LogP contribution >= 0.6 is 0 Å². The first-order chi connectivity index (χ1) is 13.8. The summed E-state index contributed by atoms with van der Waals surface area (Å²) < 4.78 is 16.8. The first-order valence-electron chi connectivity index (χ1n) is 10.4. The Morgan fingerprint density at radius 3 is 2.79 bits per heavy atom. The van der Waals surface area contributed by atoms with E-state index in [0.717, 1.165) is 32.3 Å². The highest BCUT2D eigenvalue weighted by molar-refractivity contribution is 5.93. The molecule has 160 valence electrons. The third-order valence-electron chi connectivity index (χ3n) is 5.01. The Labute approximate surface area is 172 Å². The summed E-state index contributed by atoms with van der Waals surface area (Å²) in [6, 6.07) is 7.39. The molecule has 0 aliphatic carbocycles. The molecular formula is C22H32N2O5. The lowest BCUT2D eigenvalue weighted by Gasteiger charge is -2.33. The summed E-state index contributed by atoms with van der Waals surface area (Å²) in [4.78, 5) is 26.7. The number of carbonyl (C=O) groups excluding carboxylic acids is 2. The molecule has 0 radical (unpaired) electrons. The fourth-order valence-electron chi connectivity index (χ4n) is 3.56. The molecule has 0 spiro atoms. The van der Waals surface area contributed by atoms with Crippen molar-refractivity contribution in [1.82, 2.24) is 4.90 Å². The summed E-state index contributed by atoms with van der Waals surface area (Å²) in [6.45, 7) is 7.82. The quantitative estimate of drug-likeness (QED) is 0.807. The highest BCUT2D eigenvalue weighted by Crippen LogP contribution is 2.23. The first-order valence-corrected chi connectivity index (χ1v) is 10.4. The molecule has 2 amide bonds. The average Bonchev–Trinajstić information content (AvgIpc) is 3.19. The normalized spacial score (nSPS) is 22.2. The van der Waals surface area contributed by atoms with Crippen LogP contribution in [0.4, 0.5) is 10.5 Å². The lowest BCUT2D eigenvalue weighted by molar-refractivity contribution is -0.121. The van der Waals surface area contributed by atoms with Crippen LogP contribution in [0.15, 0.2) is 24.3 Å². The van der Waals surface area contributed by atoms with E-state index in [2.05, 4.69) is 5.32 Å². The molecule has 3 rings (SSSR count). The lowest BCUT2D eigenvalue weighted by atomic mass is 9.97. The minimum absolute atomic E-state index is 0.0884. The Balaban J connectivity index is 1.52. The molecule has 0 saturated carbocycles. The van der Waals surface area contributed by atoms with Gasteiger partial charge in [-0.25, -0.2) is 4.79 Å². The van der Waals surface area contributed by atoms with Gasteiger partial charge >= 0.3 is 6.09 Å². The molecule has 2 fully saturated rings. The van der Waals surface area contributed by atoms with Crippen molar-refractivity contribution in [1.29, 1.82) is 0 Å². The van der Waals surface area contributed by atoms with Gasteiger partial charge in [0.1, 0.15) is 18.0 Å². The Kier molecular flexibility index (Phi) is 7.00. The largest absolute Gasteiger partial charge is 0.491 e. The molecule has 1 aromatic rings. The van der Waals surface area contributed by atoms with Gasteiger partial charge in [-0.05, 0) is 58.6 Å². The third-order valence-corrected chi connectivity index (χ3v) is 5.01. The molecule has 2 heterocycles. The van der Waals surface area contributed by atoms with Crippen LogP contribution in [-0.2, 0) is 14.3 Å². The van der Waals surface area contributed by atoms with Crippen LogP contribution in [-0.4, -0.2) is 54.9 Å². The number of piperidine rings is 1. The average molecular weight is 405 g/mol. The van der Waals surface area contributed by atoms with Crippen molar-refractivity contribution in [2.45, 2.75) is 58.2 Å². The van der Waals surface area contributed by atoms with Crippen molar-refractivity contribution in [3.8, 4) is 5.75 Å². The highest BCUT2D eigenvalue weighted by atomic mass is 16.6. The zero-order valence-corrected chi connectivity index (χ0v) is 17.6. The third kappa shape index (κ3) is 6.63. The second kappa shape index (κ2) is 9.48. The summed E-state index contributed by atoms with van der Waals surface area (Å²) in [6.07, 6.45) is 3.41. The number of rotatable bonds is 5. The maximum Gasteiger partial charge on any atom is 0.410 e.